The van der Waals surface area contributed by atoms with Crippen molar-refractivity contribution in [2.75, 3.05) is 13.2 Å². The summed E-state index contributed by atoms with van der Waals surface area (Å²) in [5, 5.41) is 0. The highest BCUT2D eigenvalue weighted by atomic mass is 16.5. The molecule has 0 amide bonds. The Morgan fingerprint density at radius 3 is 2.52 bits per heavy atom. The van der Waals surface area contributed by atoms with Crippen molar-refractivity contribution in [2.45, 2.75) is 6.42 Å². The van der Waals surface area contributed by atoms with E-state index in [1.807, 2.05) is 36.4 Å². The summed E-state index contributed by atoms with van der Waals surface area (Å²) >= 11 is 0. The summed E-state index contributed by atoms with van der Waals surface area (Å²) in [5.74, 6) is 1.30. The molecule has 3 nitrogen and oxygen atoms in total. The Labute approximate surface area is 123 Å². The smallest absolute Gasteiger partial charge is 0.185 e. The number of allylic oxidation sites excluding steroid dienone is 1. The first-order chi connectivity index (χ1) is 10.3. The Balaban J connectivity index is 1.79. The van der Waals surface area contributed by atoms with Crippen LogP contribution in [0.2, 0.25) is 0 Å². The van der Waals surface area contributed by atoms with Crippen LogP contribution in [0, 0.1) is 0 Å². The third-order valence-corrected chi connectivity index (χ3v) is 3.26. The molecule has 0 radical (unpaired) electrons. The summed E-state index contributed by atoms with van der Waals surface area (Å²) in [6, 6.07) is 15.1. The van der Waals surface area contributed by atoms with Gasteiger partial charge in [-0.25, -0.2) is 0 Å². The Hall–Kier alpha value is -2.55. The normalized spacial score (nSPS) is 13.9. The Morgan fingerprint density at radius 1 is 0.952 bits per heavy atom. The van der Waals surface area contributed by atoms with Gasteiger partial charge in [-0.3, -0.25) is 4.79 Å². The van der Waals surface area contributed by atoms with E-state index in [-0.39, 0.29) is 5.78 Å². The van der Waals surface area contributed by atoms with Crippen molar-refractivity contribution in [1.82, 2.24) is 0 Å². The fourth-order valence-corrected chi connectivity index (χ4v) is 2.15. The van der Waals surface area contributed by atoms with Crippen LogP contribution < -0.4 is 9.47 Å². The number of rotatable bonds is 3. The zero-order valence-corrected chi connectivity index (χ0v) is 11.6. The summed E-state index contributed by atoms with van der Waals surface area (Å²) in [6.45, 7) is 1.26. The molecular formula is C18H16O3. The van der Waals surface area contributed by atoms with Gasteiger partial charge in [0.15, 0.2) is 17.3 Å². The van der Waals surface area contributed by atoms with Crippen LogP contribution in [0.15, 0.2) is 54.6 Å². The maximum absolute atomic E-state index is 12.2. The van der Waals surface area contributed by atoms with E-state index in [1.54, 1.807) is 24.3 Å². The van der Waals surface area contributed by atoms with Crippen LogP contribution in [0.25, 0.3) is 6.08 Å². The van der Waals surface area contributed by atoms with E-state index in [1.165, 1.54) is 0 Å². The number of carbonyl (C=O) groups is 1. The molecule has 3 heteroatoms. The molecule has 0 aliphatic carbocycles. The summed E-state index contributed by atoms with van der Waals surface area (Å²) in [5.41, 5.74) is 1.60. The van der Waals surface area contributed by atoms with Gasteiger partial charge in [0.2, 0.25) is 0 Å². The lowest BCUT2D eigenvalue weighted by Gasteiger charge is -2.07. The Kier molecular flexibility index (Phi) is 4.01. The highest BCUT2D eigenvalue weighted by Crippen LogP contribution is 2.30. The fourth-order valence-electron chi connectivity index (χ4n) is 2.15. The van der Waals surface area contributed by atoms with Gasteiger partial charge in [0.1, 0.15) is 0 Å². The van der Waals surface area contributed by atoms with Crippen LogP contribution in [0.5, 0.6) is 11.5 Å². The van der Waals surface area contributed by atoms with Crippen molar-refractivity contribution in [3.8, 4) is 11.5 Å². The van der Waals surface area contributed by atoms with E-state index in [0.717, 1.165) is 12.0 Å². The predicted octanol–water partition coefficient (Wildman–Crippen LogP) is 3.74. The molecule has 106 valence electrons. The van der Waals surface area contributed by atoms with Gasteiger partial charge < -0.3 is 9.47 Å². The lowest BCUT2D eigenvalue weighted by Crippen LogP contribution is -1.98. The number of ketones is 1. The number of fused-ring (bicyclic) bond motifs is 1. The van der Waals surface area contributed by atoms with Gasteiger partial charge >= 0.3 is 0 Å². The number of carbonyl (C=O) groups excluding carboxylic acids is 1. The van der Waals surface area contributed by atoms with Crippen molar-refractivity contribution in [3.63, 3.8) is 0 Å². The SMILES string of the molecule is O=C(C=Cc1ccccc1)c1ccc2c(c1)OCCCO2. The molecule has 21 heavy (non-hydrogen) atoms. The van der Waals surface area contributed by atoms with Crippen LogP contribution >= 0.6 is 0 Å². The molecule has 2 aromatic rings. The summed E-state index contributed by atoms with van der Waals surface area (Å²) < 4.78 is 11.2. The van der Waals surface area contributed by atoms with Crippen molar-refractivity contribution < 1.29 is 14.3 Å². The van der Waals surface area contributed by atoms with Gasteiger partial charge in [-0.2, -0.15) is 0 Å². The van der Waals surface area contributed by atoms with Gasteiger partial charge in [-0.15, -0.1) is 0 Å². The molecule has 0 atom stereocenters. The summed E-state index contributed by atoms with van der Waals surface area (Å²) in [7, 11) is 0. The average Bonchev–Trinajstić information content (AvgIpc) is 2.78. The van der Waals surface area contributed by atoms with E-state index in [0.29, 0.717) is 30.3 Å². The van der Waals surface area contributed by atoms with E-state index >= 15 is 0 Å². The van der Waals surface area contributed by atoms with Crippen LogP contribution in [0.3, 0.4) is 0 Å². The number of hydrogen-bond donors (Lipinski definition) is 0. The van der Waals surface area contributed by atoms with E-state index in [4.69, 9.17) is 9.47 Å². The molecule has 1 aliphatic rings. The van der Waals surface area contributed by atoms with Gasteiger partial charge in [-0.1, -0.05) is 36.4 Å². The highest BCUT2D eigenvalue weighted by Gasteiger charge is 2.12. The zero-order chi connectivity index (χ0) is 14.5. The quantitative estimate of drug-likeness (QED) is 0.634. The minimum absolute atomic E-state index is 0.0468. The molecule has 3 rings (SSSR count). The summed E-state index contributed by atoms with van der Waals surface area (Å²) in [4.78, 5) is 12.2. The number of benzene rings is 2. The molecule has 0 saturated carbocycles. The van der Waals surface area contributed by atoms with Crippen molar-refractivity contribution >= 4 is 11.9 Å². The maximum Gasteiger partial charge on any atom is 0.185 e. The Morgan fingerprint density at radius 2 is 1.71 bits per heavy atom. The molecule has 1 heterocycles. The molecule has 0 bridgehead atoms. The molecule has 0 spiro atoms. The van der Waals surface area contributed by atoms with E-state index < -0.39 is 0 Å². The maximum atomic E-state index is 12.2. The lowest BCUT2D eigenvalue weighted by atomic mass is 10.1. The Bertz CT molecular complexity index is 659. The lowest BCUT2D eigenvalue weighted by molar-refractivity contribution is 0.104. The minimum Gasteiger partial charge on any atom is -0.490 e. The first kappa shape index (κ1) is 13.4. The van der Waals surface area contributed by atoms with Gasteiger partial charge in [0.05, 0.1) is 13.2 Å². The number of hydrogen-bond acceptors (Lipinski definition) is 3. The van der Waals surface area contributed by atoms with Crippen LogP contribution in [0.1, 0.15) is 22.3 Å². The molecule has 2 aromatic carbocycles. The van der Waals surface area contributed by atoms with Crippen molar-refractivity contribution in [2.24, 2.45) is 0 Å². The first-order valence-electron chi connectivity index (χ1n) is 7.00. The van der Waals surface area contributed by atoms with Gasteiger partial charge in [-0.05, 0) is 29.8 Å². The molecule has 0 fully saturated rings. The van der Waals surface area contributed by atoms with Gasteiger partial charge in [0.25, 0.3) is 0 Å². The monoisotopic (exact) mass is 280 g/mol. The van der Waals surface area contributed by atoms with E-state index in [9.17, 15) is 4.79 Å². The standard InChI is InChI=1S/C18H16O3/c19-16(9-7-14-5-2-1-3-6-14)15-8-10-17-18(13-15)21-12-4-11-20-17/h1-3,5-10,13H,4,11-12H2. The minimum atomic E-state index is -0.0468. The second kappa shape index (κ2) is 6.27. The molecule has 0 aromatic heterocycles. The first-order valence-corrected chi connectivity index (χ1v) is 7.00. The number of ether oxygens (including phenoxy) is 2. The average molecular weight is 280 g/mol. The third-order valence-electron chi connectivity index (χ3n) is 3.26. The predicted molar refractivity (Wildman–Crippen MR) is 81.9 cm³/mol. The summed E-state index contributed by atoms with van der Waals surface area (Å²) in [6.07, 6.45) is 4.24. The molecule has 1 aliphatic heterocycles. The topological polar surface area (TPSA) is 35.5 Å². The second-order valence-electron chi connectivity index (χ2n) is 4.82. The van der Waals surface area contributed by atoms with Crippen molar-refractivity contribution in [3.05, 3.63) is 65.7 Å². The third kappa shape index (κ3) is 3.31. The van der Waals surface area contributed by atoms with Crippen molar-refractivity contribution in [1.29, 1.82) is 0 Å². The van der Waals surface area contributed by atoms with Crippen LogP contribution in [-0.4, -0.2) is 19.0 Å². The van der Waals surface area contributed by atoms with Gasteiger partial charge in [0, 0.05) is 12.0 Å². The van der Waals surface area contributed by atoms with Crippen LogP contribution in [-0.2, 0) is 0 Å². The molecule has 0 saturated heterocycles. The van der Waals surface area contributed by atoms with Crippen LogP contribution in [0.4, 0.5) is 0 Å². The fraction of sp³-hybridized carbons (Fsp3) is 0.167. The second-order valence-corrected chi connectivity index (χ2v) is 4.82. The largest absolute Gasteiger partial charge is 0.490 e. The zero-order valence-electron chi connectivity index (χ0n) is 11.6. The molecule has 0 N–H and O–H groups in total. The highest BCUT2D eigenvalue weighted by molar-refractivity contribution is 6.07. The molecule has 0 unspecified atom stereocenters. The molecular weight excluding hydrogens is 264 g/mol. The van der Waals surface area contributed by atoms with E-state index in [2.05, 4.69) is 0 Å².